The number of aromatic nitrogens is 2. The topological polar surface area (TPSA) is 81.3 Å². The molecule has 2 aromatic rings. The van der Waals surface area contributed by atoms with Gasteiger partial charge in [-0.25, -0.2) is 4.98 Å². The molecule has 0 bridgehead atoms. The van der Waals surface area contributed by atoms with E-state index < -0.39 is 0 Å². The summed E-state index contributed by atoms with van der Waals surface area (Å²) < 4.78 is 0. The standard InChI is InChI=1S/C20H29N5O2/c1-14(2)13-25-11-9-21-20(27)17(25)12-19(26)24(3)10-8-18-22-15-6-4-5-7-16(15)23-18/h4-7,14,17H,8-13H2,1-3H3,(H,21,27)(H,22,23)/t17-/m1/s1. The molecule has 0 aliphatic carbocycles. The van der Waals surface area contributed by atoms with E-state index in [1.165, 1.54) is 0 Å². The highest BCUT2D eigenvalue weighted by Gasteiger charge is 2.32. The molecular formula is C20H29N5O2. The van der Waals surface area contributed by atoms with Gasteiger partial charge in [-0.3, -0.25) is 14.5 Å². The van der Waals surface area contributed by atoms with E-state index in [1.54, 1.807) is 11.9 Å². The summed E-state index contributed by atoms with van der Waals surface area (Å²) in [5, 5.41) is 2.89. The second-order valence-electron chi connectivity index (χ2n) is 7.67. The van der Waals surface area contributed by atoms with Gasteiger partial charge in [0.25, 0.3) is 0 Å². The first-order valence-electron chi connectivity index (χ1n) is 9.63. The molecule has 0 unspecified atom stereocenters. The van der Waals surface area contributed by atoms with Crippen molar-refractivity contribution >= 4 is 22.8 Å². The lowest BCUT2D eigenvalue weighted by molar-refractivity contribution is -0.138. The van der Waals surface area contributed by atoms with E-state index in [0.29, 0.717) is 25.4 Å². The van der Waals surface area contributed by atoms with Crippen LogP contribution in [0, 0.1) is 5.92 Å². The summed E-state index contributed by atoms with van der Waals surface area (Å²) in [5.74, 6) is 1.27. The largest absolute Gasteiger partial charge is 0.353 e. The quantitative estimate of drug-likeness (QED) is 0.771. The van der Waals surface area contributed by atoms with Crippen molar-refractivity contribution in [2.75, 3.05) is 33.2 Å². The fraction of sp³-hybridized carbons (Fsp3) is 0.550. The van der Waals surface area contributed by atoms with Gasteiger partial charge >= 0.3 is 0 Å². The number of carbonyl (C=O) groups excluding carboxylic acids is 2. The van der Waals surface area contributed by atoms with E-state index in [9.17, 15) is 9.59 Å². The number of carbonyl (C=O) groups is 2. The average Bonchev–Trinajstić information content (AvgIpc) is 3.05. The summed E-state index contributed by atoms with van der Waals surface area (Å²) in [6.07, 6.45) is 0.874. The number of fused-ring (bicyclic) bond motifs is 1. The number of rotatable bonds is 7. The number of aromatic amines is 1. The molecule has 7 nitrogen and oxygen atoms in total. The van der Waals surface area contributed by atoms with E-state index >= 15 is 0 Å². The number of likely N-dealkylation sites (N-methyl/N-ethyl adjacent to an activating group) is 1. The van der Waals surface area contributed by atoms with Gasteiger partial charge in [0, 0.05) is 39.6 Å². The van der Waals surface area contributed by atoms with Crippen LogP contribution in [0.4, 0.5) is 0 Å². The molecule has 2 heterocycles. The molecule has 0 radical (unpaired) electrons. The SMILES string of the molecule is CC(C)CN1CCNC(=O)[C@H]1CC(=O)N(C)CCc1nc2ccccc2[nH]1. The fourth-order valence-corrected chi connectivity index (χ4v) is 3.52. The van der Waals surface area contributed by atoms with Crippen LogP contribution in [-0.4, -0.2) is 70.9 Å². The summed E-state index contributed by atoms with van der Waals surface area (Å²) in [4.78, 5) is 36.6. The molecule has 7 heteroatoms. The molecule has 2 amide bonds. The molecule has 1 fully saturated rings. The van der Waals surface area contributed by atoms with Crippen molar-refractivity contribution < 1.29 is 9.59 Å². The van der Waals surface area contributed by atoms with E-state index in [0.717, 1.165) is 29.9 Å². The number of imidazole rings is 1. The van der Waals surface area contributed by atoms with Crippen LogP contribution in [0.5, 0.6) is 0 Å². The van der Waals surface area contributed by atoms with Crippen LogP contribution >= 0.6 is 0 Å². The number of nitrogens with zero attached hydrogens (tertiary/aromatic N) is 3. The van der Waals surface area contributed by atoms with Crippen LogP contribution in [-0.2, 0) is 16.0 Å². The Morgan fingerprint density at radius 3 is 2.89 bits per heavy atom. The number of hydrogen-bond donors (Lipinski definition) is 2. The van der Waals surface area contributed by atoms with Gasteiger partial charge in [-0.1, -0.05) is 26.0 Å². The molecule has 1 aromatic heterocycles. The van der Waals surface area contributed by atoms with Crippen molar-refractivity contribution in [3.05, 3.63) is 30.1 Å². The van der Waals surface area contributed by atoms with Crippen LogP contribution in [0.25, 0.3) is 11.0 Å². The Morgan fingerprint density at radius 1 is 1.37 bits per heavy atom. The van der Waals surface area contributed by atoms with Gasteiger partial charge < -0.3 is 15.2 Å². The van der Waals surface area contributed by atoms with Crippen LogP contribution in [0.15, 0.2) is 24.3 Å². The third kappa shape index (κ3) is 4.86. The molecule has 1 aliphatic rings. The summed E-state index contributed by atoms with van der Waals surface area (Å²) >= 11 is 0. The maximum Gasteiger partial charge on any atom is 0.237 e. The minimum atomic E-state index is -0.373. The molecule has 0 spiro atoms. The number of piperazine rings is 1. The molecule has 0 saturated carbocycles. The fourth-order valence-electron chi connectivity index (χ4n) is 3.52. The van der Waals surface area contributed by atoms with Crippen molar-refractivity contribution in [3.63, 3.8) is 0 Å². The first kappa shape index (κ1) is 19.4. The van der Waals surface area contributed by atoms with Gasteiger partial charge in [-0.15, -0.1) is 0 Å². The van der Waals surface area contributed by atoms with E-state index in [-0.39, 0.29) is 24.3 Å². The zero-order valence-electron chi connectivity index (χ0n) is 16.4. The molecule has 1 saturated heterocycles. The summed E-state index contributed by atoms with van der Waals surface area (Å²) in [5.41, 5.74) is 1.94. The lowest BCUT2D eigenvalue weighted by Gasteiger charge is -2.36. The molecule has 1 aliphatic heterocycles. The molecule has 1 atom stereocenters. The monoisotopic (exact) mass is 371 g/mol. The Hall–Kier alpha value is -2.41. The van der Waals surface area contributed by atoms with Crippen molar-refractivity contribution in [2.24, 2.45) is 5.92 Å². The number of nitrogens with one attached hydrogen (secondary N) is 2. The number of para-hydroxylation sites is 2. The zero-order valence-corrected chi connectivity index (χ0v) is 16.4. The second kappa shape index (κ2) is 8.52. The predicted octanol–water partition coefficient (Wildman–Crippen LogP) is 1.41. The predicted molar refractivity (Wildman–Crippen MR) is 105 cm³/mol. The summed E-state index contributed by atoms with van der Waals surface area (Å²) in [6.45, 7) is 7.10. The highest BCUT2D eigenvalue weighted by atomic mass is 16.2. The first-order chi connectivity index (χ1) is 12.9. The highest BCUT2D eigenvalue weighted by Crippen LogP contribution is 2.14. The molecular weight excluding hydrogens is 342 g/mol. The Bertz CT molecular complexity index is 768. The maximum absolute atomic E-state index is 12.7. The second-order valence-corrected chi connectivity index (χ2v) is 7.67. The van der Waals surface area contributed by atoms with Crippen molar-refractivity contribution in [2.45, 2.75) is 32.7 Å². The van der Waals surface area contributed by atoms with Crippen LogP contribution < -0.4 is 5.32 Å². The summed E-state index contributed by atoms with van der Waals surface area (Å²) in [6, 6.07) is 7.52. The van der Waals surface area contributed by atoms with Crippen LogP contribution in [0.1, 0.15) is 26.1 Å². The normalized spacial score (nSPS) is 18.1. The van der Waals surface area contributed by atoms with Crippen molar-refractivity contribution in [1.82, 2.24) is 25.1 Å². The van der Waals surface area contributed by atoms with Gasteiger partial charge in [0.2, 0.25) is 11.8 Å². The van der Waals surface area contributed by atoms with Crippen molar-refractivity contribution in [3.8, 4) is 0 Å². The lowest BCUT2D eigenvalue weighted by atomic mass is 10.1. The number of H-pyrrole nitrogens is 1. The first-order valence-corrected chi connectivity index (χ1v) is 9.63. The van der Waals surface area contributed by atoms with E-state index in [1.807, 2.05) is 24.3 Å². The molecule has 2 N–H and O–H groups in total. The van der Waals surface area contributed by atoms with Gasteiger partial charge in [0.05, 0.1) is 23.5 Å². The molecule has 27 heavy (non-hydrogen) atoms. The number of amides is 2. The van der Waals surface area contributed by atoms with E-state index in [2.05, 4.69) is 34.0 Å². The minimum Gasteiger partial charge on any atom is -0.353 e. The Morgan fingerprint density at radius 2 is 2.15 bits per heavy atom. The summed E-state index contributed by atoms with van der Waals surface area (Å²) in [7, 11) is 1.79. The molecule has 1 aromatic carbocycles. The number of benzene rings is 1. The van der Waals surface area contributed by atoms with Crippen LogP contribution in [0.3, 0.4) is 0 Å². The maximum atomic E-state index is 12.7. The smallest absolute Gasteiger partial charge is 0.237 e. The number of hydrogen-bond acceptors (Lipinski definition) is 4. The average molecular weight is 371 g/mol. The Kier molecular flexibility index (Phi) is 6.11. The Balaban J connectivity index is 1.56. The van der Waals surface area contributed by atoms with Gasteiger partial charge in [0.1, 0.15) is 5.82 Å². The third-order valence-electron chi connectivity index (χ3n) is 4.96. The van der Waals surface area contributed by atoms with Gasteiger partial charge in [-0.2, -0.15) is 0 Å². The van der Waals surface area contributed by atoms with Crippen molar-refractivity contribution in [1.29, 1.82) is 0 Å². The Labute approximate surface area is 160 Å². The molecule has 146 valence electrons. The third-order valence-corrected chi connectivity index (χ3v) is 4.96. The van der Waals surface area contributed by atoms with E-state index in [4.69, 9.17) is 0 Å². The van der Waals surface area contributed by atoms with Crippen LogP contribution in [0.2, 0.25) is 0 Å². The van der Waals surface area contributed by atoms with Gasteiger partial charge in [-0.05, 0) is 18.1 Å². The lowest BCUT2D eigenvalue weighted by Crippen LogP contribution is -2.57. The minimum absolute atomic E-state index is 0.0121. The highest BCUT2D eigenvalue weighted by molar-refractivity contribution is 5.88. The van der Waals surface area contributed by atoms with Gasteiger partial charge in [0.15, 0.2) is 0 Å². The molecule has 3 rings (SSSR count). The zero-order chi connectivity index (χ0) is 19.4.